The third-order valence-electron chi connectivity index (χ3n) is 1.02. The number of halogens is 1. The van der Waals surface area contributed by atoms with Crippen LogP contribution in [0.3, 0.4) is 0 Å². The number of hydrogen-bond acceptors (Lipinski definition) is 2. The molecule has 0 fully saturated rings. The normalized spacial score (nSPS) is 12.3. The first-order valence-electron chi connectivity index (χ1n) is 3.13. The van der Waals surface area contributed by atoms with Gasteiger partial charge in [0.15, 0.2) is 0 Å². The Balaban J connectivity index is 0. The van der Waals surface area contributed by atoms with Gasteiger partial charge in [0.05, 0.1) is 6.10 Å². The lowest BCUT2D eigenvalue weighted by Gasteiger charge is -2.07. The minimum absolute atomic E-state index is 0. The van der Waals surface area contributed by atoms with Crippen LogP contribution < -0.4 is 5.73 Å². The van der Waals surface area contributed by atoms with Crippen molar-refractivity contribution in [2.24, 2.45) is 5.73 Å². The quantitative estimate of drug-likeness (QED) is 0.659. The molecule has 0 aromatic rings. The van der Waals surface area contributed by atoms with Gasteiger partial charge in [0.2, 0.25) is 0 Å². The SMILES string of the molecule is CCOC(C)CCN.Cl. The van der Waals surface area contributed by atoms with E-state index >= 15 is 0 Å². The third kappa shape index (κ3) is 8.21. The average Bonchev–Trinajstić information content (AvgIpc) is 1.68. The third-order valence-corrected chi connectivity index (χ3v) is 1.02. The van der Waals surface area contributed by atoms with Crippen molar-refractivity contribution < 1.29 is 4.74 Å². The first kappa shape index (κ1) is 11.9. The summed E-state index contributed by atoms with van der Waals surface area (Å²) in [4.78, 5) is 0. The van der Waals surface area contributed by atoms with Gasteiger partial charge < -0.3 is 10.5 Å². The van der Waals surface area contributed by atoms with Gasteiger partial charge in [-0.05, 0) is 26.8 Å². The standard InChI is InChI=1S/C6H15NO.ClH/c1-3-8-6(2)4-5-7;/h6H,3-5,7H2,1-2H3;1H. The predicted molar refractivity (Wildman–Crippen MR) is 42.0 cm³/mol. The molecule has 0 spiro atoms. The molecule has 0 aromatic heterocycles. The highest BCUT2D eigenvalue weighted by Crippen LogP contribution is 1.92. The van der Waals surface area contributed by atoms with Crippen LogP contribution >= 0.6 is 12.4 Å². The summed E-state index contributed by atoms with van der Waals surface area (Å²) < 4.78 is 5.20. The molecule has 58 valence electrons. The Hall–Kier alpha value is 0.210. The van der Waals surface area contributed by atoms with Crippen LogP contribution in [0.5, 0.6) is 0 Å². The molecular weight excluding hydrogens is 138 g/mol. The summed E-state index contributed by atoms with van der Waals surface area (Å²) >= 11 is 0. The molecule has 0 radical (unpaired) electrons. The van der Waals surface area contributed by atoms with Crippen LogP contribution in [0.1, 0.15) is 20.3 Å². The van der Waals surface area contributed by atoms with Gasteiger partial charge in [-0.1, -0.05) is 0 Å². The van der Waals surface area contributed by atoms with Crippen molar-refractivity contribution in [1.82, 2.24) is 0 Å². The van der Waals surface area contributed by atoms with E-state index in [2.05, 4.69) is 0 Å². The van der Waals surface area contributed by atoms with Crippen molar-refractivity contribution >= 4 is 12.4 Å². The van der Waals surface area contributed by atoms with Crippen LogP contribution in [0.2, 0.25) is 0 Å². The van der Waals surface area contributed by atoms with E-state index in [0.29, 0.717) is 6.10 Å². The van der Waals surface area contributed by atoms with Crippen molar-refractivity contribution in [1.29, 1.82) is 0 Å². The maximum Gasteiger partial charge on any atom is 0.0558 e. The van der Waals surface area contributed by atoms with E-state index < -0.39 is 0 Å². The highest BCUT2D eigenvalue weighted by Gasteiger charge is 1.95. The van der Waals surface area contributed by atoms with Crippen LogP contribution in [-0.4, -0.2) is 19.3 Å². The molecule has 2 nitrogen and oxygen atoms in total. The van der Waals surface area contributed by atoms with Gasteiger partial charge in [-0.3, -0.25) is 0 Å². The van der Waals surface area contributed by atoms with E-state index in [1.807, 2.05) is 13.8 Å². The summed E-state index contributed by atoms with van der Waals surface area (Å²) in [5.41, 5.74) is 5.28. The topological polar surface area (TPSA) is 35.2 Å². The first-order chi connectivity index (χ1) is 3.81. The number of ether oxygens (including phenoxy) is 1. The van der Waals surface area contributed by atoms with E-state index in [4.69, 9.17) is 10.5 Å². The van der Waals surface area contributed by atoms with Crippen LogP contribution in [0.15, 0.2) is 0 Å². The molecule has 9 heavy (non-hydrogen) atoms. The number of hydrogen-bond donors (Lipinski definition) is 1. The zero-order valence-corrected chi connectivity index (χ0v) is 6.91. The van der Waals surface area contributed by atoms with Gasteiger partial charge in [-0.2, -0.15) is 0 Å². The number of nitrogens with two attached hydrogens (primary N) is 1. The second-order valence-corrected chi connectivity index (χ2v) is 1.84. The Morgan fingerprint density at radius 2 is 2.11 bits per heavy atom. The van der Waals surface area contributed by atoms with Crippen molar-refractivity contribution in [2.45, 2.75) is 26.4 Å². The van der Waals surface area contributed by atoms with Gasteiger partial charge in [0, 0.05) is 6.61 Å². The smallest absolute Gasteiger partial charge is 0.0558 e. The Kier molecular flexibility index (Phi) is 10.9. The monoisotopic (exact) mass is 153 g/mol. The molecule has 0 heterocycles. The molecule has 1 atom stereocenters. The molecule has 0 bridgehead atoms. The molecule has 0 aromatic carbocycles. The minimum Gasteiger partial charge on any atom is -0.379 e. The molecule has 2 N–H and O–H groups in total. The largest absolute Gasteiger partial charge is 0.379 e. The van der Waals surface area contributed by atoms with Crippen LogP contribution in [0, 0.1) is 0 Å². The molecule has 0 aliphatic carbocycles. The molecule has 0 amide bonds. The summed E-state index contributed by atoms with van der Waals surface area (Å²) in [6.45, 7) is 5.55. The summed E-state index contributed by atoms with van der Waals surface area (Å²) in [6.07, 6.45) is 1.30. The lowest BCUT2D eigenvalue weighted by atomic mass is 10.3. The molecule has 3 heteroatoms. The van der Waals surface area contributed by atoms with E-state index in [0.717, 1.165) is 19.6 Å². The van der Waals surface area contributed by atoms with Crippen LogP contribution in [-0.2, 0) is 4.74 Å². The molecule has 0 aliphatic rings. The minimum atomic E-state index is 0. The van der Waals surface area contributed by atoms with Crippen molar-refractivity contribution in [3.8, 4) is 0 Å². The van der Waals surface area contributed by atoms with Crippen molar-refractivity contribution in [3.63, 3.8) is 0 Å². The maximum absolute atomic E-state index is 5.28. The Morgan fingerprint density at radius 1 is 1.56 bits per heavy atom. The average molecular weight is 154 g/mol. The highest BCUT2D eigenvalue weighted by molar-refractivity contribution is 5.85. The zero-order chi connectivity index (χ0) is 6.41. The predicted octanol–water partition coefficient (Wildman–Crippen LogP) is 1.18. The zero-order valence-electron chi connectivity index (χ0n) is 6.09. The fourth-order valence-corrected chi connectivity index (χ4v) is 0.603. The fourth-order valence-electron chi connectivity index (χ4n) is 0.603. The van der Waals surface area contributed by atoms with Gasteiger partial charge in [-0.15, -0.1) is 12.4 Å². The fraction of sp³-hybridized carbons (Fsp3) is 1.00. The molecule has 0 saturated carbocycles. The van der Waals surface area contributed by atoms with Gasteiger partial charge in [-0.25, -0.2) is 0 Å². The Bertz CT molecular complexity index is 46.3. The van der Waals surface area contributed by atoms with E-state index in [1.54, 1.807) is 0 Å². The lowest BCUT2D eigenvalue weighted by Crippen LogP contribution is -2.13. The number of rotatable bonds is 4. The molecular formula is C6H16ClNO. The van der Waals surface area contributed by atoms with Crippen molar-refractivity contribution in [2.75, 3.05) is 13.2 Å². The first-order valence-corrected chi connectivity index (χ1v) is 3.13. The van der Waals surface area contributed by atoms with Crippen LogP contribution in [0.25, 0.3) is 0 Å². The highest BCUT2D eigenvalue weighted by atomic mass is 35.5. The summed E-state index contributed by atoms with van der Waals surface area (Å²) in [7, 11) is 0. The van der Waals surface area contributed by atoms with Gasteiger partial charge in [0.1, 0.15) is 0 Å². The summed E-state index contributed by atoms with van der Waals surface area (Å²) in [5, 5.41) is 0. The molecule has 0 aliphatic heterocycles. The maximum atomic E-state index is 5.28. The summed E-state index contributed by atoms with van der Waals surface area (Å²) in [6, 6.07) is 0. The Morgan fingerprint density at radius 3 is 2.44 bits per heavy atom. The second kappa shape index (κ2) is 8.21. The van der Waals surface area contributed by atoms with Crippen LogP contribution in [0.4, 0.5) is 0 Å². The summed E-state index contributed by atoms with van der Waals surface area (Å²) in [5.74, 6) is 0. The van der Waals surface area contributed by atoms with Gasteiger partial charge >= 0.3 is 0 Å². The Labute approximate surface area is 63.2 Å². The molecule has 0 rings (SSSR count). The van der Waals surface area contributed by atoms with E-state index in [9.17, 15) is 0 Å². The lowest BCUT2D eigenvalue weighted by molar-refractivity contribution is 0.0721. The van der Waals surface area contributed by atoms with E-state index in [1.165, 1.54) is 0 Å². The molecule has 1 unspecified atom stereocenters. The van der Waals surface area contributed by atoms with Gasteiger partial charge in [0.25, 0.3) is 0 Å². The van der Waals surface area contributed by atoms with E-state index in [-0.39, 0.29) is 12.4 Å². The molecule has 0 saturated heterocycles. The van der Waals surface area contributed by atoms with Crippen molar-refractivity contribution in [3.05, 3.63) is 0 Å². The second-order valence-electron chi connectivity index (χ2n) is 1.84.